The summed E-state index contributed by atoms with van der Waals surface area (Å²) < 4.78 is 6.57. The maximum atomic E-state index is 13.0. The number of hydrogen-bond acceptors (Lipinski definition) is 3. The van der Waals surface area contributed by atoms with Gasteiger partial charge in [0.2, 0.25) is 0 Å². The van der Waals surface area contributed by atoms with E-state index in [0.717, 1.165) is 42.5 Å². The quantitative estimate of drug-likeness (QED) is 0.478. The van der Waals surface area contributed by atoms with Crippen molar-refractivity contribution in [2.24, 2.45) is 5.92 Å². The number of carbonyl (C=O) groups is 1. The highest BCUT2D eigenvalue weighted by Crippen LogP contribution is 2.42. The smallest absolute Gasteiger partial charge is 0.316 e. The lowest BCUT2D eigenvalue weighted by molar-refractivity contribution is -0.906. The lowest BCUT2D eigenvalue weighted by Gasteiger charge is -2.40. The van der Waals surface area contributed by atoms with Crippen molar-refractivity contribution in [1.82, 2.24) is 0 Å². The fourth-order valence-corrected chi connectivity index (χ4v) is 3.85. The second-order valence-electron chi connectivity index (χ2n) is 8.27. The molecule has 1 saturated carbocycles. The molecule has 4 nitrogen and oxygen atoms in total. The first-order chi connectivity index (χ1) is 12.3. The molecule has 1 aliphatic carbocycles. The Morgan fingerprint density at radius 2 is 1.78 bits per heavy atom. The Morgan fingerprint density at radius 3 is 2.30 bits per heavy atom. The van der Waals surface area contributed by atoms with E-state index in [9.17, 15) is 9.90 Å². The number of nitrogens with zero attached hydrogens (tertiary/aromatic N) is 1. The molecule has 0 heterocycles. The SMILES string of the molecule is CC[N+](C)(CC)CCOC(=O)C(c1ccccc1)C1(O)CCC(C)CC1.[Br-]. The van der Waals surface area contributed by atoms with Crippen LogP contribution < -0.4 is 17.0 Å². The van der Waals surface area contributed by atoms with Gasteiger partial charge in [-0.3, -0.25) is 4.79 Å². The minimum Gasteiger partial charge on any atom is -1.00 e. The molecule has 1 aromatic carbocycles. The van der Waals surface area contributed by atoms with Crippen LogP contribution in [0.4, 0.5) is 0 Å². The molecule has 27 heavy (non-hydrogen) atoms. The van der Waals surface area contributed by atoms with Crippen LogP contribution in [0.15, 0.2) is 30.3 Å². The Balaban J connectivity index is 0.00000364. The molecule has 0 aromatic heterocycles. The number of rotatable bonds is 8. The number of benzene rings is 1. The number of carbonyl (C=O) groups excluding carboxylic acids is 1. The predicted molar refractivity (Wildman–Crippen MR) is 105 cm³/mol. The summed E-state index contributed by atoms with van der Waals surface area (Å²) in [6, 6.07) is 9.64. The third-order valence-corrected chi connectivity index (χ3v) is 6.45. The van der Waals surface area contributed by atoms with Crippen LogP contribution in [0.2, 0.25) is 0 Å². The van der Waals surface area contributed by atoms with Crippen LogP contribution in [0.25, 0.3) is 0 Å². The molecule has 0 amide bonds. The zero-order chi connectivity index (χ0) is 19.2. The summed E-state index contributed by atoms with van der Waals surface area (Å²) in [5.74, 6) is -0.278. The van der Waals surface area contributed by atoms with E-state index in [4.69, 9.17) is 4.74 Å². The number of hydrogen-bond donors (Lipinski definition) is 1. The van der Waals surface area contributed by atoms with E-state index >= 15 is 0 Å². The van der Waals surface area contributed by atoms with Gasteiger partial charge in [-0.05, 0) is 51.0 Å². The van der Waals surface area contributed by atoms with Gasteiger partial charge in [-0.25, -0.2) is 0 Å². The largest absolute Gasteiger partial charge is 1.00 e. The molecule has 0 spiro atoms. The van der Waals surface area contributed by atoms with Gasteiger partial charge < -0.3 is 31.3 Å². The molecular formula is C22H36BrNO3. The Hall–Kier alpha value is -0.910. The topological polar surface area (TPSA) is 46.5 Å². The zero-order valence-corrected chi connectivity index (χ0v) is 18.9. The van der Waals surface area contributed by atoms with Crippen LogP contribution in [0.5, 0.6) is 0 Å². The van der Waals surface area contributed by atoms with Crippen molar-refractivity contribution < 1.29 is 36.1 Å². The van der Waals surface area contributed by atoms with Crippen molar-refractivity contribution in [2.75, 3.05) is 33.3 Å². The standard InChI is InChI=1S/C22H36NO3.BrH/c1-5-23(4,6-2)16-17-26-21(24)20(19-10-8-7-9-11-19)22(25)14-12-18(3)13-15-22;/h7-11,18,20,25H,5-6,12-17H2,1-4H3;1H/q+1;/p-1. The maximum absolute atomic E-state index is 13.0. The molecule has 1 atom stereocenters. The number of quaternary nitrogens is 1. The Morgan fingerprint density at radius 1 is 1.22 bits per heavy atom. The van der Waals surface area contributed by atoms with E-state index in [0.29, 0.717) is 25.4 Å². The van der Waals surface area contributed by atoms with Crippen molar-refractivity contribution in [2.45, 2.75) is 58.0 Å². The van der Waals surface area contributed by atoms with Gasteiger partial charge in [-0.2, -0.15) is 0 Å². The van der Waals surface area contributed by atoms with Gasteiger partial charge in [0.25, 0.3) is 0 Å². The van der Waals surface area contributed by atoms with Crippen LogP contribution in [-0.2, 0) is 9.53 Å². The summed E-state index contributed by atoms with van der Waals surface area (Å²) in [6.45, 7) is 9.75. The van der Waals surface area contributed by atoms with Crippen molar-refractivity contribution in [3.05, 3.63) is 35.9 Å². The van der Waals surface area contributed by atoms with E-state index in [-0.39, 0.29) is 23.0 Å². The minimum atomic E-state index is -1.00. The van der Waals surface area contributed by atoms with Crippen molar-refractivity contribution in [1.29, 1.82) is 0 Å². The molecule has 1 fully saturated rings. The molecule has 154 valence electrons. The summed E-state index contributed by atoms with van der Waals surface area (Å²) in [5.41, 5.74) is -0.142. The molecule has 5 heteroatoms. The molecule has 0 bridgehead atoms. The Labute approximate surface area is 175 Å². The summed E-state index contributed by atoms with van der Waals surface area (Å²) in [7, 11) is 2.18. The Kier molecular flexibility index (Phi) is 9.46. The summed E-state index contributed by atoms with van der Waals surface area (Å²) in [6.07, 6.45) is 3.21. The first-order valence-electron chi connectivity index (χ1n) is 10.1. The van der Waals surface area contributed by atoms with E-state index < -0.39 is 11.5 Å². The second-order valence-corrected chi connectivity index (χ2v) is 8.27. The monoisotopic (exact) mass is 441 g/mol. The van der Waals surface area contributed by atoms with E-state index in [1.807, 2.05) is 30.3 Å². The number of esters is 1. The molecule has 0 saturated heterocycles. The maximum Gasteiger partial charge on any atom is 0.316 e. The molecule has 1 aromatic rings. The number of likely N-dealkylation sites (N-methyl/N-ethyl adjacent to an activating group) is 1. The molecular weight excluding hydrogens is 406 g/mol. The normalized spacial score (nSPS) is 24.0. The highest BCUT2D eigenvalue weighted by molar-refractivity contribution is 5.80. The van der Waals surface area contributed by atoms with Gasteiger partial charge in [-0.1, -0.05) is 37.3 Å². The average molecular weight is 442 g/mol. The zero-order valence-electron chi connectivity index (χ0n) is 17.3. The van der Waals surface area contributed by atoms with Crippen molar-refractivity contribution >= 4 is 5.97 Å². The fourth-order valence-electron chi connectivity index (χ4n) is 3.85. The second kappa shape index (κ2) is 10.6. The third-order valence-electron chi connectivity index (χ3n) is 6.45. The molecule has 2 rings (SSSR count). The number of halogens is 1. The molecule has 1 unspecified atom stereocenters. The first kappa shape index (κ1) is 24.1. The van der Waals surface area contributed by atoms with Gasteiger partial charge in [0.05, 0.1) is 25.7 Å². The highest BCUT2D eigenvalue weighted by atomic mass is 79.9. The van der Waals surface area contributed by atoms with Crippen molar-refractivity contribution in [3.63, 3.8) is 0 Å². The average Bonchev–Trinajstić information content (AvgIpc) is 2.65. The Bertz CT molecular complexity index is 566. The van der Waals surface area contributed by atoms with Crippen LogP contribution in [0.3, 0.4) is 0 Å². The molecule has 1 N–H and O–H groups in total. The molecule has 0 radical (unpaired) electrons. The van der Waals surface area contributed by atoms with Crippen LogP contribution in [0, 0.1) is 5.92 Å². The summed E-state index contributed by atoms with van der Waals surface area (Å²) >= 11 is 0. The van der Waals surface area contributed by atoms with Gasteiger partial charge in [0.1, 0.15) is 19.1 Å². The lowest BCUT2D eigenvalue weighted by atomic mass is 9.70. The minimum absolute atomic E-state index is 0. The molecule has 0 aliphatic heterocycles. The van der Waals surface area contributed by atoms with Gasteiger partial charge in [0.15, 0.2) is 0 Å². The van der Waals surface area contributed by atoms with E-state index in [1.165, 1.54) is 0 Å². The van der Waals surface area contributed by atoms with Gasteiger partial charge in [-0.15, -0.1) is 0 Å². The summed E-state index contributed by atoms with van der Waals surface area (Å²) in [5, 5.41) is 11.3. The third kappa shape index (κ3) is 6.30. The number of ether oxygens (including phenoxy) is 1. The fraction of sp³-hybridized carbons (Fsp3) is 0.682. The highest BCUT2D eigenvalue weighted by Gasteiger charge is 2.45. The van der Waals surface area contributed by atoms with Crippen LogP contribution >= 0.6 is 0 Å². The lowest BCUT2D eigenvalue weighted by Crippen LogP contribution is -3.00. The molecule has 1 aliphatic rings. The summed E-state index contributed by atoms with van der Waals surface area (Å²) in [4.78, 5) is 13.0. The van der Waals surface area contributed by atoms with Crippen molar-refractivity contribution in [3.8, 4) is 0 Å². The first-order valence-corrected chi connectivity index (χ1v) is 10.1. The van der Waals surface area contributed by atoms with Gasteiger partial charge in [0, 0.05) is 0 Å². The van der Waals surface area contributed by atoms with E-state index in [2.05, 4.69) is 27.8 Å². The van der Waals surface area contributed by atoms with Crippen LogP contribution in [-0.4, -0.2) is 54.4 Å². The predicted octanol–water partition coefficient (Wildman–Crippen LogP) is 0.745. The van der Waals surface area contributed by atoms with Gasteiger partial charge >= 0.3 is 5.97 Å². The number of aliphatic hydroxyl groups is 1. The van der Waals surface area contributed by atoms with E-state index in [1.54, 1.807) is 0 Å². The van der Waals surface area contributed by atoms with Crippen LogP contribution in [0.1, 0.15) is 57.9 Å².